The highest BCUT2D eigenvalue weighted by molar-refractivity contribution is 5.91. The first kappa shape index (κ1) is 17.2. The molecule has 1 aromatic carbocycles. The lowest BCUT2D eigenvalue weighted by atomic mass is 10.1. The molecule has 1 aliphatic heterocycles. The van der Waals surface area contributed by atoms with Crippen LogP contribution < -0.4 is 16.2 Å². The molecule has 27 heavy (non-hydrogen) atoms. The van der Waals surface area contributed by atoms with E-state index in [0.29, 0.717) is 34.6 Å². The molecule has 2 aromatic heterocycles. The number of nitriles is 1. The molecule has 0 bridgehead atoms. The minimum atomic E-state index is -0.372. The Balaban J connectivity index is 2.10. The summed E-state index contributed by atoms with van der Waals surface area (Å²) in [5.74, 6) is 0.216. The Morgan fingerprint density at radius 1 is 1.33 bits per heavy atom. The first-order valence-corrected chi connectivity index (χ1v) is 8.78. The van der Waals surface area contributed by atoms with Crippen molar-refractivity contribution in [2.24, 2.45) is 12.8 Å². The molecular formula is C19H19FN6O. The maximum atomic E-state index is 13.5. The van der Waals surface area contributed by atoms with E-state index in [4.69, 9.17) is 5.73 Å². The van der Waals surface area contributed by atoms with Gasteiger partial charge in [-0.1, -0.05) is 0 Å². The van der Waals surface area contributed by atoms with Gasteiger partial charge in [-0.15, -0.1) is 0 Å². The lowest BCUT2D eigenvalue weighted by Gasteiger charge is -2.33. The van der Waals surface area contributed by atoms with E-state index in [0.717, 1.165) is 19.4 Å². The van der Waals surface area contributed by atoms with E-state index in [1.54, 1.807) is 23.7 Å². The van der Waals surface area contributed by atoms with Crippen molar-refractivity contribution in [1.29, 1.82) is 5.26 Å². The van der Waals surface area contributed by atoms with Gasteiger partial charge in [0.1, 0.15) is 34.3 Å². The number of nitrogens with two attached hydrogens (primary N) is 1. The van der Waals surface area contributed by atoms with Crippen molar-refractivity contribution < 1.29 is 4.39 Å². The summed E-state index contributed by atoms with van der Waals surface area (Å²) >= 11 is 0. The first-order valence-electron chi connectivity index (χ1n) is 8.78. The average Bonchev–Trinajstić information content (AvgIpc) is 3.00. The summed E-state index contributed by atoms with van der Waals surface area (Å²) < 4.78 is 16.6. The fourth-order valence-electron chi connectivity index (χ4n) is 3.68. The normalized spacial score (nSPS) is 17.3. The molecule has 1 unspecified atom stereocenters. The SMILES string of the molecule is Cn1cnc2c(C#N)c(N3CCCC(N)C3)n(-c3ccc(F)cc3)c2c1=O. The molecule has 0 radical (unpaired) electrons. The number of nitrogens with zero attached hydrogens (tertiary/aromatic N) is 5. The Labute approximate surface area is 155 Å². The van der Waals surface area contributed by atoms with Crippen LogP contribution in [0.4, 0.5) is 10.2 Å². The van der Waals surface area contributed by atoms with Gasteiger partial charge in [0, 0.05) is 31.9 Å². The molecule has 138 valence electrons. The first-order chi connectivity index (χ1) is 13.0. The van der Waals surface area contributed by atoms with Gasteiger partial charge >= 0.3 is 0 Å². The van der Waals surface area contributed by atoms with Crippen molar-refractivity contribution in [2.45, 2.75) is 18.9 Å². The van der Waals surface area contributed by atoms with Crippen LogP contribution in [0.2, 0.25) is 0 Å². The van der Waals surface area contributed by atoms with E-state index >= 15 is 0 Å². The largest absolute Gasteiger partial charge is 0.355 e. The summed E-state index contributed by atoms with van der Waals surface area (Å²) in [6, 6.07) is 8.05. The maximum absolute atomic E-state index is 13.5. The van der Waals surface area contributed by atoms with Crippen LogP contribution >= 0.6 is 0 Å². The molecule has 2 N–H and O–H groups in total. The molecule has 0 amide bonds. The van der Waals surface area contributed by atoms with Gasteiger partial charge in [0.05, 0.1) is 6.33 Å². The third kappa shape index (κ3) is 2.76. The van der Waals surface area contributed by atoms with Crippen LogP contribution in [-0.4, -0.2) is 33.2 Å². The monoisotopic (exact) mass is 366 g/mol. The summed E-state index contributed by atoms with van der Waals surface area (Å²) in [5.41, 5.74) is 7.46. The van der Waals surface area contributed by atoms with E-state index in [2.05, 4.69) is 11.1 Å². The zero-order valence-corrected chi connectivity index (χ0v) is 14.9. The summed E-state index contributed by atoms with van der Waals surface area (Å²) in [5, 5.41) is 9.85. The third-order valence-corrected chi connectivity index (χ3v) is 4.96. The van der Waals surface area contributed by atoms with Gasteiger partial charge in [-0.25, -0.2) is 9.37 Å². The average molecular weight is 366 g/mol. The van der Waals surface area contributed by atoms with Crippen LogP contribution in [-0.2, 0) is 7.05 Å². The van der Waals surface area contributed by atoms with Crippen LogP contribution in [0.3, 0.4) is 0 Å². The number of rotatable bonds is 2. The van der Waals surface area contributed by atoms with E-state index in [-0.39, 0.29) is 17.4 Å². The smallest absolute Gasteiger partial charge is 0.278 e. The van der Waals surface area contributed by atoms with Gasteiger partial charge < -0.3 is 15.2 Å². The Hall–Kier alpha value is -3.18. The number of halogens is 1. The summed E-state index contributed by atoms with van der Waals surface area (Å²) in [6.07, 6.45) is 3.21. The van der Waals surface area contributed by atoms with E-state index in [1.165, 1.54) is 23.0 Å². The summed E-state index contributed by atoms with van der Waals surface area (Å²) in [7, 11) is 1.61. The second-order valence-corrected chi connectivity index (χ2v) is 6.83. The molecule has 0 aliphatic carbocycles. The van der Waals surface area contributed by atoms with Crippen LogP contribution in [0.5, 0.6) is 0 Å². The van der Waals surface area contributed by atoms with E-state index in [1.807, 2.05) is 4.90 Å². The predicted molar refractivity (Wildman–Crippen MR) is 100 cm³/mol. The van der Waals surface area contributed by atoms with Crippen LogP contribution in [0.25, 0.3) is 16.7 Å². The van der Waals surface area contributed by atoms with Gasteiger partial charge in [0.15, 0.2) is 0 Å². The molecule has 1 aliphatic rings. The number of aryl methyl sites for hydroxylation is 1. The minimum Gasteiger partial charge on any atom is -0.355 e. The fourth-order valence-corrected chi connectivity index (χ4v) is 3.68. The zero-order valence-electron chi connectivity index (χ0n) is 14.9. The van der Waals surface area contributed by atoms with Crippen molar-refractivity contribution in [1.82, 2.24) is 14.1 Å². The molecule has 3 heterocycles. The Kier molecular flexibility index (Phi) is 4.16. The number of hydrogen-bond acceptors (Lipinski definition) is 5. The van der Waals surface area contributed by atoms with Crippen molar-refractivity contribution in [3.63, 3.8) is 0 Å². The standard InChI is InChI=1S/C19H19FN6O/c1-24-11-23-16-15(9-21)18(25-8-2-3-13(22)10-25)26(17(16)19(24)27)14-6-4-12(20)5-7-14/h4-7,11,13H,2-3,8,10,22H2,1H3. The van der Waals surface area contributed by atoms with Crippen molar-refractivity contribution >= 4 is 16.9 Å². The highest BCUT2D eigenvalue weighted by Gasteiger charge is 2.28. The molecule has 1 atom stereocenters. The second kappa shape index (κ2) is 6.52. The number of benzene rings is 1. The molecule has 3 aromatic rings. The highest BCUT2D eigenvalue weighted by Crippen LogP contribution is 2.34. The quantitative estimate of drug-likeness (QED) is 0.745. The number of anilines is 1. The number of fused-ring (bicyclic) bond motifs is 1. The maximum Gasteiger partial charge on any atom is 0.278 e. The predicted octanol–water partition coefficient (Wildman–Crippen LogP) is 1.66. The van der Waals surface area contributed by atoms with E-state index in [9.17, 15) is 14.4 Å². The number of aromatic nitrogens is 3. The van der Waals surface area contributed by atoms with Gasteiger partial charge in [-0.3, -0.25) is 9.36 Å². The van der Waals surface area contributed by atoms with Crippen molar-refractivity contribution in [2.75, 3.05) is 18.0 Å². The van der Waals surface area contributed by atoms with Crippen LogP contribution in [0.15, 0.2) is 35.4 Å². The Morgan fingerprint density at radius 3 is 2.74 bits per heavy atom. The lowest BCUT2D eigenvalue weighted by Crippen LogP contribution is -2.43. The fraction of sp³-hybridized carbons (Fsp3) is 0.316. The zero-order chi connectivity index (χ0) is 19.1. The number of piperidine rings is 1. The molecule has 1 saturated heterocycles. The lowest BCUT2D eigenvalue weighted by molar-refractivity contribution is 0.501. The topological polar surface area (TPSA) is 92.9 Å². The Bertz CT molecular complexity index is 1110. The second-order valence-electron chi connectivity index (χ2n) is 6.83. The van der Waals surface area contributed by atoms with E-state index < -0.39 is 0 Å². The van der Waals surface area contributed by atoms with Crippen molar-refractivity contribution in [3.8, 4) is 11.8 Å². The van der Waals surface area contributed by atoms with Gasteiger partial charge in [-0.2, -0.15) is 5.26 Å². The molecule has 1 fully saturated rings. The van der Waals surface area contributed by atoms with Gasteiger partial charge in [0.2, 0.25) is 0 Å². The van der Waals surface area contributed by atoms with Gasteiger partial charge in [0.25, 0.3) is 5.56 Å². The molecule has 0 spiro atoms. The van der Waals surface area contributed by atoms with Gasteiger partial charge in [-0.05, 0) is 37.1 Å². The summed E-state index contributed by atoms with van der Waals surface area (Å²) in [6.45, 7) is 1.30. The molecule has 4 rings (SSSR count). The molecule has 7 nitrogen and oxygen atoms in total. The number of hydrogen-bond donors (Lipinski definition) is 1. The van der Waals surface area contributed by atoms with Crippen LogP contribution in [0, 0.1) is 17.1 Å². The summed E-state index contributed by atoms with van der Waals surface area (Å²) in [4.78, 5) is 19.3. The van der Waals surface area contributed by atoms with Crippen LogP contribution in [0.1, 0.15) is 18.4 Å². The molecule has 8 heteroatoms. The Morgan fingerprint density at radius 2 is 2.07 bits per heavy atom. The highest BCUT2D eigenvalue weighted by atomic mass is 19.1. The minimum absolute atomic E-state index is 0.0132. The third-order valence-electron chi connectivity index (χ3n) is 4.96. The van der Waals surface area contributed by atoms with Crippen molar-refractivity contribution in [3.05, 3.63) is 52.3 Å². The molecular weight excluding hydrogens is 347 g/mol. The molecule has 0 saturated carbocycles.